The van der Waals surface area contributed by atoms with Crippen LogP contribution < -0.4 is 0 Å². The molecule has 0 atom stereocenters. The van der Waals surface area contributed by atoms with E-state index in [-0.39, 0.29) is 0 Å². The Bertz CT molecular complexity index is 2250. The van der Waals surface area contributed by atoms with Gasteiger partial charge in [-0.25, -0.2) is 13.2 Å². The van der Waals surface area contributed by atoms with Crippen molar-refractivity contribution in [3.63, 3.8) is 0 Å². The molecule has 0 radical (unpaired) electrons. The smallest absolute Gasteiger partial charge is 0.206 e. The number of nitriles is 6. The van der Waals surface area contributed by atoms with E-state index in [2.05, 4.69) is 0 Å². The van der Waals surface area contributed by atoms with Gasteiger partial charge in [0, 0.05) is 33.4 Å². The summed E-state index contributed by atoms with van der Waals surface area (Å²) in [6.07, 6.45) is -10.3. The molecule has 0 N–H and O–H groups in total. The molecular weight excluding hydrogens is 663 g/mol. The summed E-state index contributed by atoms with van der Waals surface area (Å²) >= 11 is 0. The first-order valence-electron chi connectivity index (χ1n) is 13.1. The number of rotatable bonds is 2. The lowest BCUT2D eigenvalue weighted by atomic mass is 9.88. The third-order valence-electron chi connectivity index (χ3n) is 7.60. The molecule has 0 fully saturated rings. The Labute approximate surface area is 268 Å². The van der Waals surface area contributed by atoms with E-state index in [1.807, 2.05) is 0 Å². The monoisotopic (exact) mass is 670 g/mol. The van der Waals surface area contributed by atoms with E-state index in [1.54, 1.807) is 12.1 Å². The van der Waals surface area contributed by atoms with Crippen LogP contribution in [0.3, 0.4) is 0 Å². The van der Waals surface area contributed by atoms with E-state index in [0.29, 0.717) is 24.3 Å². The third kappa shape index (κ3) is 5.04. The summed E-state index contributed by atoms with van der Waals surface area (Å²) in [7, 11) is 0. The van der Waals surface area contributed by atoms with Gasteiger partial charge >= 0.3 is 12.4 Å². The van der Waals surface area contributed by atoms with Gasteiger partial charge in [0.25, 0.3) is 0 Å². The Morgan fingerprint density at radius 2 is 0.857 bits per heavy atom. The van der Waals surface area contributed by atoms with E-state index < -0.39 is 119 Å². The molecule has 236 valence electrons. The highest BCUT2D eigenvalue weighted by Gasteiger charge is 2.42. The molecular formula is C34H7F9N6. The fraction of sp³-hybridized carbons (Fsp3) is 0.0588. The average Bonchev–Trinajstić information content (AvgIpc) is 3.54. The van der Waals surface area contributed by atoms with Gasteiger partial charge in [-0.2, -0.15) is 57.9 Å². The number of fused-ring (bicyclic) bond motifs is 2. The minimum atomic E-state index is -5.14. The molecule has 0 bridgehead atoms. The quantitative estimate of drug-likeness (QED) is 0.197. The van der Waals surface area contributed by atoms with E-state index in [0.717, 1.165) is 18.2 Å². The minimum Gasteiger partial charge on any atom is -0.206 e. The van der Waals surface area contributed by atoms with Gasteiger partial charge in [0.05, 0.1) is 22.3 Å². The predicted octanol–water partition coefficient (Wildman–Crippen LogP) is 8.64. The normalized spacial score (nSPS) is 13.4. The number of hydrogen-bond acceptors (Lipinski definition) is 6. The van der Waals surface area contributed by atoms with Crippen LogP contribution in [0, 0.1) is 85.4 Å². The van der Waals surface area contributed by atoms with E-state index in [9.17, 15) is 66.7 Å². The largest absolute Gasteiger partial charge is 0.419 e. The molecule has 0 aromatic heterocycles. The van der Waals surface area contributed by atoms with Crippen molar-refractivity contribution in [2.24, 2.45) is 0 Å². The van der Waals surface area contributed by atoms with Crippen molar-refractivity contribution in [2.45, 2.75) is 12.4 Å². The van der Waals surface area contributed by atoms with Crippen LogP contribution in [0.2, 0.25) is 0 Å². The van der Waals surface area contributed by atoms with Crippen LogP contribution >= 0.6 is 0 Å². The second kappa shape index (κ2) is 11.6. The Morgan fingerprint density at radius 1 is 0.510 bits per heavy atom. The fourth-order valence-corrected chi connectivity index (χ4v) is 5.70. The second-order valence-corrected chi connectivity index (χ2v) is 10.1. The molecule has 0 spiro atoms. The maximum atomic E-state index is 16.8. The number of allylic oxidation sites excluding steroid dienone is 8. The Morgan fingerprint density at radius 3 is 1.12 bits per heavy atom. The summed E-state index contributed by atoms with van der Waals surface area (Å²) in [4.78, 5) is 0. The predicted molar refractivity (Wildman–Crippen MR) is 150 cm³/mol. The van der Waals surface area contributed by atoms with Gasteiger partial charge in [-0.3, -0.25) is 0 Å². The van der Waals surface area contributed by atoms with Gasteiger partial charge in [-0.15, -0.1) is 0 Å². The fourth-order valence-electron chi connectivity index (χ4n) is 5.70. The standard InChI is InChI=1S/C34H7F9N6/c35-24-5-14(1-3-22(24)33(38,39)40)26-20(12-48)30-18(28(26)16(8-44)9-45)7-19-29(17(10-46)11-47)27(21(13-49)31(19)32(30)37)15-2-4-23(25(36)6-15)34(41,42)43/h1-7H. The van der Waals surface area contributed by atoms with Crippen molar-refractivity contribution in [2.75, 3.05) is 0 Å². The van der Waals surface area contributed by atoms with Gasteiger partial charge in [0.2, 0.25) is 0 Å². The summed E-state index contributed by atoms with van der Waals surface area (Å²) in [6.45, 7) is 0. The van der Waals surface area contributed by atoms with Crippen LogP contribution in [0.1, 0.15) is 44.5 Å². The van der Waals surface area contributed by atoms with Gasteiger partial charge in [-0.05, 0) is 52.6 Å². The van der Waals surface area contributed by atoms with E-state index >= 15 is 4.39 Å². The Hall–Kier alpha value is -7.07. The highest BCUT2D eigenvalue weighted by molar-refractivity contribution is 6.30. The first kappa shape index (κ1) is 33.3. The highest BCUT2D eigenvalue weighted by atomic mass is 19.4. The molecule has 3 aromatic rings. The zero-order valence-electron chi connectivity index (χ0n) is 23.6. The van der Waals surface area contributed by atoms with Crippen molar-refractivity contribution in [1.29, 1.82) is 31.6 Å². The maximum Gasteiger partial charge on any atom is 0.419 e. The molecule has 6 nitrogen and oxygen atoms in total. The molecule has 49 heavy (non-hydrogen) atoms. The lowest BCUT2D eigenvalue weighted by Gasteiger charge is -2.14. The third-order valence-corrected chi connectivity index (χ3v) is 7.60. The number of benzene rings is 3. The van der Waals surface area contributed by atoms with E-state index in [1.165, 1.54) is 24.3 Å². The maximum absolute atomic E-state index is 16.8. The van der Waals surface area contributed by atoms with Gasteiger partial charge in [0.1, 0.15) is 65.0 Å². The van der Waals surface area contributed by atoms with E-state index in [4.69, 9.17) is 0 Å². The summed E-state index contributed by atoms with van der Waals surface area (Å²) in [5.74, 6) is -5.08. The molecule has 0 saturated carbocycles. The van der Waals surface area contributed by atoms with Crippen molar-refractivity contribution in [3.05, 3.63) is 116 Å². The zero-order valence-corrected chi connectivity index (χ0v) is 23.6. The second-order valence-electron chi connectivity index (χ2n) is 10.1. The lowest BCUT2D eigenvalue weighted by Crippen LogP contribution is -2.08. The molecule has 0 amide bonds. The van der Waals surface area contributed by atoms with Crippen LogP contribution in [-0.2, 0) is 12.4 Å². The SMILES string of the molecule is N#CC(C#N)=C1C(c2ccc(C(F)(F)F)c(F)c2)=C(C#N)c2c1cc1c(c2F)C(C#N)=C(c2ccc(C(F)(F)F)c(F)c2)C1=C(C#N)C#N. The number of alkyl halides is 6. The van der Waals surface area contributed by atoms with Crippen LogP contribution in [-0.4, -0.2) is 0 Å². The highest BCUT2D eigenvalue weighted by Crippen LogP contribution is 2.56. The van der Waals surface area contributed by atoms with Crippen LogP contribution in [0.25, 0.3) is 33.4 Å². The number of nitrogens with zero attached hydrogens (tertiary/aromatic N) is 6. The van der Waals surface area contributed by atoms with Crippen LogP contribution in [0.5, 0.6) is 0 Å². The van der Waals surface area contributed by atoms with Gasteiger partial charge < -0.3 is 0 Å². The van der Waals surface area contributed by atoms with Crippen LogP contribution in [0.15, 0.2) is 53.6 Å². The lowest BCUT2D eigenvalue weighted by molar-refractivity contribution is -0.140. The summed E-state index contributed by atoms with van der Waals surface area (Å²) < 4.78 is 126. The first-order valence-corrected chi connectivity index (χ1v) is 13.1. The summed E-state index contributed by atoms with van der Waals surface area (Å²) in [5, 5.41) is 59.5. The Kier molecular flexibility index (Phi) is 7.90. The molecule has 2 aliphatic carbocycles. The number of hydrogen-bond donors (Lipinski definition) is 0. The molecule has 15 heteroatoms. The average molecular weight is 670 g/mol. The molecule has 0 aliphatic heterocycles. The summed E-state index contributed by atoms with van der Waals surface area (Å²) in [6, 6.07) is 13.1. The van der Waals surface area contributed by atoms with Crippen molar-refractivity contribution < 1.29 is 39.5 Å². The van der Waals surface area contributed by atoms with Crippen LogP contribution in [0.4, 0.5) is 39.5 Å². The van der Waals surface area contributed by atoms with Crippen molar-refractivity contribution in [1.82, 2.24) is 0 Å². The minimum absolute atomic E-state index is 0.320. The first-order chi connectivity index (χ1) is 23.1. The van der Waals surface area contributed by atoms with Gasteiger partial charge in [-0.1, -0.05) is 12.1 Å². The van der Waals surface area contributed by atoms with Crippen molar-refractivity contribution >= 4 is 33.4 Å². The molecule has 0 saturated heterocycles. The molecule has 0 unspecified atom stereocenters. The zero-order chi connectivity index (χ0) is 36.2. The topological polar surface area (TPSA) is 143 Å². The molecule has 5 rings (SSSR count). The molecule has 2 aliphatic rings. The summed E-state index contributed by atoms with van der Waals surface area (Å²) in [5.41, 5.74) is -12.0. The number of halogens is 9. The van der Waals surface area contributed by atoms with Crippen molar-refractivity contribution in [3.8, 4) is 36.4 Å². The van der Waals surface area contributed by atoms with Gasteiger partial charge in [0.15, 0.2) is 0 Å². The molecule has 0 heterocycles. The molecule has 3 aromatic carbocycles. The Balaban J connectivity index is 1.94.